The van der Waals surface area contributed by atoms with E-state index in [9.17, 15) is 14.4 Å². The smallest absolute Gasteiger partial charge is 0.328 e. The van der Waals surface area contributed by atoms with Crippen LogP contribution in [0.2, 0.25) is 0 Å². The largest absolute Gasteiger partial charge is 0.467 e. The van der Waals surface area contributed by atoms with Gasteiger partial charge in [-0.1, -0.05) is 34.6 Å². The molecule has 1 saturated heterocycles. The average Bonchev–Trinajstić information content (AvgIpc) is 3.01. The fourth-order valence-corrected chi connectivity index (χ4v) is 3.00. The van der Waals surface area contributed by atoms with E-state index in [-0.39, 0.29) is 35.5 Å². The van der Waals surface area contributed by atoms with Crippen LogP contribution in [0.15, 0.2) is 0 Å². The minimum atomic E-state index is -0.600. The average molecular weight is 355 g/mol. The van der Waals surface area contributed by atoms with Gasteiger partial charge in [-0.2, -0.15) is 0 Å². The van der Waals surface area contributed by atoms with Crippen LogP contribution < -0.4 is 11.1 Å². The molecule has 3 atom stereocenters. The quantitative estimate of drug-likeness (QED) is 0.652. The third-order valence-corrected chi connectivity index (χ3v) is 4.72. The maximum absolute atomic E-state index is 12.9. The van der Waals surface area contributed by atoms with Crippen LogP contribution in [0.4, 0.5) is 0 Å². The number of nitrogens with two attached hydrogens (primary N) is 1. The number of hydrogen-bond donors (Lipinski definition) is 2. The summed E-state index contributed by atoms with van der Waals surface area (Å²) in [6.45, 7) is 10.1. The molecule has 0 aromatic heterocycles. The second-order valence-electron chi connectivity index (χ2n) is 8.13. The number of methoxy groups -OCH3 is 1. The van der Waals surface area contributed by atoms with Crippen LogP contribution in [0.1, 0.15) is 47.5 Å². The van der Waals surface area contributed by atoms with Crippen LogP contribution in [0.3, 0.4) is 0 Å². The lowest BCUT2D eigenvalue weighted by Crippen LogP contribution is -2.55. The fraction of sp³-hybridized carbons (Fsp3) is 0.833. The Hall–Kier alpha value is -1.47. The van der Waals surface area contributed by atoms with E-state index in [1.54, 1.807) is 4.90 Å². The highest BCUT2D eigenvalue weighted by Gasteiger charge is 2.39. The molecular weight excluding hydrogens is 322 g/mol. The van der Waals surface area contributed by atoms with E-state index >= 15 is 0 Å². The number of amides is 1. The molecule has 144 valence electrons. The first-order valence-corrected chi connectivity index (χ1v) is 8.90. The number of ether oxygens (including phenoxy) is 1. The summed E-state index contributed by atoms with van der Waals surface area (Å²) in [5.41, 5.74) is 5.66. The number of carbonyl (C=O) groups is 3. The van der Waals surface area contributed by atoms with Gasteiger partial charge >= 0.3 is 5.97 Å². The predicted molar refractivity (Wildman–Crippen MR) is 95.8 cm³/mol. The van der Waals surface area contributed by atoms with Crippen molar-refractivity contribution in [2.75, 3.05) is 20.2 Å². The summed E-state index contributed by atoms with van der Waals surface area (Å²) in [4.78, 5) is 38.7. The summed E-state index contributed by atoms with van der Waals surface area (Å²) >= 11 is 0. The molecule has 0 aromatic rings. The first-order chi connectivity index (χ1) is 11.5. The Morgan fingerprint density at radius 3 is 2.36 bits per heavy atom. The van der Waals surface area contributed by atoms with Crippen LogP contribution in [0.5, 0.6) is 0 Å². The van der Waals surface area contributed by atoms with E-state index in [4.69, 9.17) is 10.5 Å². The summed E-state index contributed by atoms with van der Waals surface area (Å²) in [5, 5.41) is 3.05. The number of likely N-dealkylation sites (tertiary alicyclic amines) is 1. The lowest BCUT2D eigenvalue weighted by Gasteiger charge is -2.31. The molecule has 1 amide bonds. The summed E-state index contributed by atoms with van der Waals surface area (Å²) in [7, 11) is 1.33. The minimum absolute atomic E-state index is 0.0231. The Morgan fingerprint density at radius 2 is 1.88 bits per heavy atom. The Bertz CT molecular complexity index is 499. The third kappa shape index (κ3) is 5.51. The molecule has 0 radical (unpaired) electrons. The lowest BCUT2D eigenvalue weighted by atomic mass is 9.85. The molecule has 1 rings (SSSR count). The third-order valence-electron chi connectivity index (χ3n) is 4.72. The van der Waals surface area contributed by atoms with Crippen molar-refractivity contribution in [3.63, 3.8) is 0 Å². The molecule has 0 aromatic carbocycles. The highest BCUT2D eigenvalue weighted by atomic mass is 16.5. The Balaban J connectivity index is 2.78. The predicted octanol–water partition coefficient (Wildman–Crippen LogP) is 0.707. The number of carbonyl (C=O) groups excluding carboxylic acids is 3. The van der Waals surface area contributed by atoms with Gasteiger partial charge in [0.05, 0.1) is 25.7 Å². The second-order valence-corrected chi connectivity index (χ2v) is 8.13. The van der Waals surface area contributed by atoms with Crippen molar-refractivity contribution in [1.29, 1.82) is 0 Å². The molecule has 1 fully saturated rings. The maximum atomic E-state index is 12.9. The van der Waals surface area contributed by atoms with Gasteiger partial charge in [-0.3, -0.25) is 14.9 Å². The molecule has 7 nitrogen and oxygen atoms in total. The van der Waals surface area contributed by atoms with Gasteiger partial charge in [-0.15, -0.1) is 0 Å². The molecule has 7 heteroatoms. The molecule has 0 aliphatic carbocycles. The van der Waals surface area contributed by atoms with Gasteiger partial charge in [-0.05, 0) is 24.2 Å². The van der Waals surface area contributed by atoms with Crippen molar-refractivity contribution in [3.8, 4) is 0 Å². The van der Waals surface area contributed by atoms with Crippen LogP contribution in [0.25, 0.3) is 0 Å². The summed E-state index contributed by atoms with van der Waals surface area (Å²) in [6.07, 6.45) is 1.38. The van der Waals surface area contributed by atoms with Gasteiger partial charge in [0.25, 0.3) is 0 Å². The van der Waals surface area contributed by atoms with Crippen molar-refractivity contribution < 1.29 is 19.1 Å². The number of ketones is 1. The van der Waals surface area contributed by atoms with E-state index in [0.29, 0.717) is 13.0 Å². The standard InChI is InChI=1S/C18H33N3O4/c1-11(2)14(20-10-13(22)15(19)18(3,4)5)16(23)21-9-7-8-12(21)17(24)25-6/h11-12,14-15,20H,7-10,19H2,1-6H3. The molecule has 0 bridgehead atoms. The van der Waals surface area contributed by atoms with Gasteiger partial charge in [0, 0.05) is 6.54 Å². The Morgan fingerprint density at radius 1 is 1.28 bits per heavy atom. The normalized spacial score (nSPS) is 20.5. The van der Waals surface area contributed by atoms with Crippen LogP contribution >= 0.6 is 0 Å². The van der Waals surface area contributed by atoms with E-state index in [1.807, 2.05) is 34.6 Å². The molecule has 1 heterocycles. The van der Waals surface area contributed by atoms with Crippen molar-refractivity contribution in [3.05, 3.63) is 0 Å². The van der Waals surface area contributed by atoms with Crippen LogP contribution in [-0.4, -0.2) is 60.9 Å². The van der Waals surface area contributed by atoms with Crippen LogP contribution in [0, 0.1) is 11.3 Å². The first-order valence-electron chi connectivity index (χ1n) is 8.90. The lowest BCUT2D eigenvalue weighted by molar-refractivity contribution is -0.152. The van der Waals surface area contributed by atoms with E-state index in [2.05, 4.69) is 5.32 Å². The number of esters is 1. The van der Waals surface area contributed by atoms with E-state index < -0.39 is 18.1 Å². The minimum Gasteiger partial charge on any atom is -0.467 e. The van der Waals surface area contributed by atoms with Gasteiger partial charge < -0.3 is 15.4 Å². The number of Topliss-reactive ketones (excluding diaryl/α,β-unsaturated/α-hetero) is 1. The van der Waals surface area contributed by atoms with Gasteiger partial charge in [0.1, 0.15) is 6.04 Å². The van der Waals surface area contributed by atoms with Gasteiger partial charge in [0.15, 0.2) is 5.78 Å². The highest BCUT2D eigenvalue weighted by Crippen LogP contribution is 2.21. The van der Waals surface area contributed by atoms with E-state index in [1.165, 1.54) is 7.11 Å². The Kier molecular flexibility index (Phi) is 7.56. The monoisotopic (exact) mass is 355 g/mol. The van der Waals surface area contributed by atoms with Crippen molar-refractivity contribution in [2.24, 2.45) is 17.1 Å². The number of hydrogen-bond acceptors (Lipinski definition) is 6. The molecule has 3 unspecified atom stereocenters. The zero-order valence-electron chi connectivity index (χ0n) is 16.3. The summed E-state index contributed by atoms with van der Waals surface area (Å²) in [5.74, 6) is -0.707. The van der Waals surface area contributed by atoms with Crippen molar-refractivity contribution in [2.45, 2.75) is 65.6 Å². The molecule has 1 aliphatic rings. The maximum Gasteiger partial charge on any atom is 0.328 e. The number of rotatable bonds is 7. The van der Waals surface area contributed by atoms with E-state index in [0.717, 1.165) is 6.42 Å². The first kappa shape index (κ1) is 21.6. The van der Waals surface area contributed by atoms with Crippen molar-refractivity contribution >= 4 is 17.7 Å². The Labute approximate surface area is 150 Å². The molecule has 0 spiro atoms. The molecule has 1 aliphatic heterocycles. The fourth-order valence-electron chi connectivity index (χ4n) is 3.00. The number of nitrogens with zero attached hydrogens (tertiary/aromatic N) is 1. The van der Waals surface area contributed by atoms with Gasteiger partial charge in [0.2, 0.25) is 5.91 Å². The highest BCUT2D eigenvalue weighted by molar-refractivity contribution is 5.90. The molecule has 0 saturated carbocycles. The molecule has 3 N–H and O–H groups in total. The van der Waals surface area contributed by atoms with Crippen LogP contribution in [-0.2, 0) is 19.1 Å². The topological polar surface area (TPSA) is 102 Å². The summed E-state index contributed by atoms with van der Waals surface area (Å²) < 4.78 is 4.80. The molecule has 25 heavy (non-hydrogen) atoms. The second kappa shape index (κ2) is 8.76. The van der Waals surface area contributed by atoms with Crippen molar-refractivity contribution in [1.82, 2.24) is 10.2 Å². The SMILES string of the molecule is COC(=O)C1CCCN1C(=O)C(NCC(=O)C(N)C(C)(C)C)C(C)C. The summed E-state index contributed by atoms with van der Waals surface area (Å²) in [6, 6.07) is -1.67. The number of nitrogens with one attached hydrogen (secondary N) is 1. The van der Waals surface area contributed by atoms with Gasteiger partial charge in [-0.25, -0.2) is 4.79 Å². The molecular formula is C18H33N3O4. The zero-order valence-corrected chi connectivity index (χ0v) is 16.3. The zero-order chi connectivity index (χ0) is 19.4.